The Hall–Kier alpha value is -3.49. The third kappa shape index (κ3) is 3.83. The molecule has 0 saturated carbocycles. The molecule has 4 rings (SSSR count). The van der Waals surface area contributed by atoms with E-state index in [1.54, 1.807) is 31.8 Å². The van der Waals surface area contributed by atoms with Crippen molar-refractivity contribution in [2.45, 2.75) is 20.8 Å². The van der Waals surface area contributed by atoms with Gasteiger partial charge in [-0.05, 0) is 26.8 Å². The molecule has 9 heteroatoms. The van der Waals surface area contributed by atoms with Crippen molar-refractivity contribution in [3.63, 3.8) is 0 Å². The Morgan fingerprint density at radius 3 is 2.40 bits per heavy atom. The molecule has 0 atom stereocenters. The van der Waals surface area contributed by atoms with E-state index < -0.39 is 0 Å². The summed E-state index contributed by atoms with van der Waals surface area (Å²) in [5.74, 6) is 2.79. The van der Waals surface area contributed by atoms with E-state index in [2.05, 4.69) is 24.8 Å². The second-order valence-corrected chi connectivity index (χ2v) is 7.28. The van der Waals surface area contributed by atoms with Crippen LogP contribution in [0.25, 0.3) is 5.82 Å². The number of anilines is 1. The zero-order valence-electron chi connectivity index (χ0n) is 17.7. The maximum Gasteiger partial charge on any atom is 0.254 e. The Morgan fingerprint density at radius 1 is 1.00 bits per heavy atom. The maximum absolute atomic E-state index is 12.8. The van der Waals surface area contributed by atoms with E-state index in [1.807, 2.05) is 36.3 Å². The lowest BCUT2D eigenvalue weighted by atomic mass is 10.2. The summed E-state index contributed by atoms with van der Waals surface area (Å²) in [6, 6.07) is 5.36. The Morgan fingerprint density at radius 2 is 1.73 bits per heavy atom. The standard InChI is InChI=1S/C21H25N7O2/c1-14-15(2)28(13-23-14)19-12-18(24-16(3)25-19)26-7-9-27(10-8-26)21(29)17-5-6-22-20(11-17)30-4/h5-6,11-13H,7-10H2,1-4H3. The molecule has 1 amide bonds. The molecule has 1 aliphatic heterocycles. The zero-order valence-corrected chi connectivity index (χ0v) is 17.7. The summed E-state index contributed by atoms with van der Waals surface area (Å²) in [5, 5.41) is 0. The Labute approximate surface area is 175 Å². The van der Waals surface area contributed by atoms with Gasteiger partial charge in [0.2, 0.25) is 5.88 Å². The Kier molecular flexibility index (Phi) is 5.35. The molecule has 1 saturated heterocycles. The average molecular weight is 407 g/mol. The number of hydrogen-bond donors (Lipinski definition) is 0. The lowest BCUT2D eigenvalue weighted by molar-refractivity contribution is 0.0746. The van der Waals surface area contributed by atoms with Crippen molar-refractivity contribution in [2.75, 3.05) is 38.2 Å². The summed E-state index contributed by atoms with van der Waals surface area (Å²) < 4.78 is 7.10. The average Bonchev–Trinajstić information content (AvgIpc) is 3.11. The number of nitrogens with zero attached hydrogens (tertiary/aromatic N) is 7. The molecule has 0 aromatic carbocycles. The summed E-state index contributed by atoms with van der Waals surface area (Å²) in [7, 11) is 1.54. The molecule has 4 heterocycles. The van der Waals surface area contributed by atoms with Gasteiger partial charge in [0.05, 0.1) is 12.8 Å². The first-order chi connectivity index (χ1) is 14.5. The van der Waals surface area contributed by atoms with E-state index >= 15 is 0 Å². The van der Waals surface area contributed by atoms with Gasteiger partial charge in [-0.25, -0.2) is 19.9 Å². The van der Waals surface area contributed by atoms with Gasteiger partial charge in [-0.3, -0.25) is 9.36 Å². The lowest BCUT2D eigenvalue weighted by Crippen LogP contribution is -2.49. The van der Waals surface area contributed by atoms with Gasteiger partial charge >= 0.3 is 0 Å². The van der Waals surface area contributed by atoms with E-state index in [0.29, 0.717) is 43.4 Å². The van der Waals surface area contributed by atoms with Crippen molar-refractivity contribution in [3.8, 4) is 11.7 Å². The number of carbonyl (C=O) groups excluding carboxylic acids is 1. The maximum atomic E-state index is 12.8. The van der Waals surface area contributed by atoms with Crippen LogP contribution >= 0.6 is 0 Å². The van der Waals surface area contributed by atoms with E-state index in [0.717, 1.165) is 23.0 Å². The number of rotatable bonds is 4. The first kappa shape index (κ1) is 19.8. The molecule has 30 heavy (non-hydrogen) atoms. The number of pyridine rings is 1. The minimum atomic E-state index is -0.0144. The van der Waals surface area contributed by atoms with Crippen LogP contribution in [-0.4, -0.2) is 68.6 Å². The van der Waals surface area contributed by atoms with Gasteiger partial charge in [0.15, 0.2) is 0 Å². The molecule has 0 aliphatic carbocycles. The van der Waals surface area contributed by atoms with Crippen LogP contribution in [0.15, 0.2) is 30.7 Å². The predicted octanol–water partition coefficient (Wildman–Crippen LogP) is 1.95. The Balaban J connectivity index is 1.49. The SMILES string of the molecule is COc1cc(C(=O)N2CCN(c3cc(-n4cnc(C)c4C)nc(C)n3)CC2)ccn1. The minimum absolute atomic E-state index is 0.0144. The molecule has 0 radical (unpaired) electrons. The smallest absolute Gasteiger partial charge is 0.254 e. The van der Waals surface area contributed by atoms with Gasteiger partial charge in [-0.2, -0.15) is 0 Å². The van der Waals surface area contributed by atoms with E-state index in [4.69, 9.17) is 4.74 Å². The number of aryl methyl sites for hydroxylation is 2. The van der Waals surface area contributed by atoms with Crippen LogP contribution in [0.5, 0.6) is 5.88 Å². The lowest BCUT2D eigenvalue weighted by Gasteiger charge is -2.35. The number of amides is 1. The van der Waals surface area contributed by atoms with Crippen molar-refractivity contribution in [1.82, 2.24) is 29.4 Å². The van der Waals surface area contributed by atoms with Gasteiger partial charge < -0.3 is 14.5 Å². The van der Waals surface area contributed by atoms with E-state index in [-0.39, 0.29) is 5.91 Å². The fraction of sp³-hybridized carbons (Fsp3) is 0.381. The quantitative estimate of drug-likeness (QED) is 0.653. The normalized spacial score (nSPS) is 14.1. The number of ether oxygens (including phenoxy) is 1. The van der Waals surface area contributed by atoms with Crippen LogP contribution < -0.4 is 9.64 Å². The highest BCUT2D eigenvalue weighted by molar-refractivity contribution is 5.94. The molecule has 1 aliphatic rings. The topological polar surface area (TPSA) is 89.3 Å². The first-order valence-corrected chi connectivity index (χ1v) is 9.87. The summed E-state index contributed by atoms with van der Waals surface area (Å²) >= 11 is 0. The van der Waals surface area contributed by atoms with Crippen molar-refractivity contribution in [3.05, 3.63) is 53.5 Å². The summed E-state index contributed by atoms with van der Waals surface area (Å²) in [5.41, 5.74) is 2.62. The highest BCUT2D eigenvalue weighted by Gasteiger charge is 2.24. The second-order valence-electron chi connectivity index (χ2n) is 7.28. The fourth-order valence-corrected chi connectivity index (χ4v) is 3.53. The number of aromatic nitrogens is 5. The van der Waals surface area contributed by atoms with Crippen molar-refractivity contribution >= 4 is 11.7 Å². The molecule has 0 spiro atoms. The van der Waals surface area contributed by atoms with Crippen molar-refractivity contribution in [1.29, 1.82) is 0 Å². The van der Waals surface area contributed by atoms with Crippen LogP contribution in [0.2, 0.25) is 0 Å². The molecular formula is C21H25N7O2. The number of carbonyl (C=O) groups is 1. The molecule has 0 bridgehead atoms. The highest BCUT2D eigenvalue weighted by Crippen LogP contribution is 2.20. The van der Waals surface area contributed by atoms with Crippen LogP contribution in [0.4, 0.5) is 5.82 Å². The third-order valence-electron chi connectivity index (χ3n) is 5.39. The third-order valence-corrected chi connectivity index (χ3v) is 5.39. The van der Waals surface area contributed by atoms with Crippen LogP contribution in [0.3, 0.4) is 0 Å². The van der Waals surface area contributed by atoms with E-state index in [1.165, 1.54) is 0 Å². The van der Waals surface area contributed by atoms with Gasteiger partial charge in [0.1, 0.15) is 23.8 Å². The van der Waals surface area contributed by atoms with Crippen LogP contribution in [-0.2, 0) is 0 Å². The number of methoxy groups -OCH3 is 1. The Bertz CT molecular complexity index is 1070. The summed E-state index contributed by atoms with van der Waals surface area (Å²) in [6.45, 7) is 8.53. The summed E-state index contributed by atoms with van der Waals surface area (Å²) in [4.78, 5) is 34.5. The number of imidazole rings is 1. The fourth-order valence-electron chi connectivity index (χ4n) is 3.53. The largest absolute Gasteiger partial charge is 0.481 e. The molecule has 0 unspecified atom stereocenters. The molecule has 0 N–H and O–H groups in total. The predicted molar refractivity (Wildman–Crippen MR) is 112 cm³/mol. The van der Waals surface area contributed by atoms with Crippen LogP contribution in [0, 0.1) is 20.8 Å². The summed E-state index contributed by atoms with van der Waals surface area (Å²) in [6.07, 6.45) is 3.38. The molecular weight excluding hydrogens is 382 g/mol. The van der Waals surface area contributed by atoms with Crippen molar-refractivity contribution in [2.24, 2.45) is 0 Å². The molecule has 156 valence electrons. The van der Waals surface area contributed by atoms with Crippen molar-refractivity contribution < 1.29 is 9.53 Å². The van der Waals surface area contributed by atoms with E-state index in [9.17, 15) is 4.79 Å². The zero-order chi connectivity index (χ0) is 21.3. The number of hydrogen-bond acceptors (Lipinski definition) is 7. The molecule has 3 aromatic rings. The van der Waals surface area contributed by atoms with Gasteiger partial charge in [-0.1, -0.05) is 0 Å². The van der Waals surface area contributed by atoms with Gasteiger partial charge in [0.25, 0.3) is 5.91 Å². The van der Waals surface area contributed by atoms with Crippen LogP contribution in [0.1, 0.15) is 27.6 Å². The molecule has 1 fully saturated rings. The highest BCUT2D eigenvalue weighted by atomic mass is 16.5. The van der Waals surface area contributed by atoms with Gasteiger partial charge in [-0.15, -0.1) is 0 Å². The first-order valence-electron chi connectivity index (χ1n) is 9.87. The second kappa shape index (κ2) is 8.10. The monoisotopic (exact) mass is 407 g/mol. The molecule has 9 nitrogen and oxygen atoms in total. The minimum Gasteiger partial charge on any atom is -0.481 e. The van der Waals surface area contributed by atoms with Gasteiger partial charge in [0, 0.05) is 55.8 Å². The molecule has 3 aromatic heterocycles. The number of piperazine rings is 1.